The lowest BCUT2D eigenvalue weighted by Gasteiger charge is -2.32. The Hall–Kier alpha value is -2.54. The van der Waals surface area contributed by atoms with E-state index in [9.17, 15) is 4.79 Å². The van der Waals surface area contributed by atoms with Gasteiger partial charge < -0.3 is 10.2 Å². The molecule has 6 nitrogen and oxygen atoms in total. The molecule has 1 aliphatic rings. The number of piperidine rings is 1. The van der Waals surface area contributed by atoms with Gasteiger partial charge in [0.1, 0.15) is 22.8 Å². The van der Waals surface area contributed by atoms with E-state index in [0.29, 0.717) is 5.82 Å². The third-order valence-electron chi connectivity index (χ3n) is 5.03. The molecule has 0 bridgehead atoms. The lowest BCUT2D eigenvalue weighted by Crippen LogP contribution is -2.38. The summed E-state index contributed by atoms with van der Waals surface area (Å²) in [5, 5.41) is 4.07. The molecular weight excluding hydrogens is 346 g/mol. The molecular formula is C19H21N5OS. The van der Waals surface area contributed by atoms with Crippen LogP contribution in [0.15, 0.2) is 30.7 Å². The van der Waals surface area contributed by atoms with E-state index in [2.05, 4.69) is 39.0 Å². The van der Waals surface area contributed by atoms with Gasteiger partial charge in [0, 0.05) is 30.1 Å². The van der Waals surface area contributed by atoms with Gasteiger partial charge in [-0.1, -0.05) is 6.07 Å². The van der Waals surface area contributed by atoms with Crippen LogP contribution in [-0.4, -0.2) is 33.9 Å². The zero-order chi connectivity index (χ0) is 18.1. The Kier molecular flexibility index (Phi) is 4.55. The first-order chi connectivity index (χ1) is 12.6. The second-order valence-corrected chi connectivity index (χ2v) is 7.83. The molecule has 0 spiro atoms. The highest BCUT2D eigenvalue weighted by atomic mass is 32.1. The summed E-state index contributed by atoms with van der Waals surface area (Å²) in [7, 11) is 0. The maximum Gasteiger partial charge on any atom is 0.228 e. The first-order valence-electron chi connectivity index (χ1n) is 8.81. The Morgan fingerprint density at radius 1 is 1.19 bits per heavy atom. The minimum absolute atomic E-state index is 0.0101. The van der Waals surface area contributed by atoms with Crippen molar-refractivity contribution in [1.82, 2.24) is 15.0 Å². The van der Waals surface area contributed by atoms with Crippen molar-refractivity contribution < 1.29 is 4.79 Å². The summed E-state index contributed by atoms with van der Waals surface area (Å²) in [4.78, 5) is 30.2. The van der Waals surface area contributed by atoms with Crippen LogP contribution in [0, 0.1) is 19.8 Å². The fraction of sp³-hybridized carbons (Fsp3) is 0.368. The molecule has 0 saturated carbocycles. The lowest BCUT2D eigenvalue weighted by molar-refractivity contribution is -0.120. The van der Waals surface area contributed by atoms with Crippen LogP contribution in [0.25, 0.3) is 10.2 Å². The van der Waals surface area contributed by atoms with Crippen LogP contribution >= 0.6 is 11.3 Å². The molecule has 1 saturated heterocycles. The highest BCUT2D eigenvalue weighted by Gasteiger charge is 2.27. The molecule has 3 aromatic heterocycles. The molecule has 4 rings (SSSR count). The molecule has 0 radical (unpaired) electrons. The van der Waals surface area contributed by atoms with Crippen molar-refractivity contribution in [2.45, 2.75) is 26.7 Å². The van der Waals surface area contributed by atoms with Crippen molar-refractivity contribution in [2.75, 3.05) is 23.3 Å². The number of carbonyl (C=O) groups is 1. The molecule has 1 amide bonds. The third kappa shape index (κ3) is 3.14. The summed E-state index contributed by atoms with van der Waals surface area (Å²) in [6, 6.07) is 5.52. The fourth-order valence-corrected chi connectivity index (χ4v) is 4.41. The fourth-order valence-electron chi connectivity index (χ4n) is 3.42. The van der Waals surface area contributed by atoms with Gasteiger partial charge in [0.15, 0.2) is 0 Å². The van der Waals surface area contributed by atoms with Crippen molar-refractivity contribution >= 4 is 39.1 Å². The van der Waals surface area contributed by atoms with Crippen LogP contribution in [-0.2, 0) is 4.79 Å². The van der Waals surface area contributed by atoms with Crippen LogP contribution in [0.4, 0.5) is 11.6 Å². The van der Waals surface area contributed by atoms with Crippen LogP contribution in [0.3, 0.4) is 0 Å². The van der Waals surface area contributed by atoms with Gasteiger partial charge in [-0.3, -0.25) is 4.79 Å². The number of hydrogen-bond donors (Lipinski definition) is 1. The van der Waals surface area contributed by atoms with Gasteiger partial charge in [-0.05, 0) is 44.4 Å². The molecule has 0 unspecified atom stereocenters. The van der Waals surface area contributed by atoms with Crippen LogP contribution in [0.1, 0.15) is 23.3 Å². The van der Waals surface area contributed by atoms with Gasteiger partial charge in [0.2, 0.25) is 5.91 Å². The average molecular weight is 367 g/mol. The van der Waals surface area contributed by atoms with Crippen LogP contribution in [0.2, 0.25) is 0 Å². The zero-order valence-electron chi connectivity index (χ0n) is 14.9. The van der Waals surface area contributed by atoms with Gasteiger partial charge in [-0.15, -0.1) is 11.3 Å². The van der Waals surface area contributed by atoms with Gasteiger partial charge in [0.25, 0.3) is 0 Å². The van der Waals surface area contributed by atoms with Crippen molar-refractivity contribution in [1.29, 1.82) is 0 Å². The van der Waals surface area contributed by atoms with E-state index in [1.165, 1.54) is 10.4 Å². The maximum absolute atomic E-state index is 12.5. The summed E-state index contributed by atoms with van der Waals surface area (Å²) in [6.07, 6.45) is 4.95. The summed E-state index contributed by atoms with van der Waals surface area (Å²) in [5.41, 5.74) is 1.26. The Balaban J connectivity index is 1.46. The number of fused-ring (bicyclic) bond motifs is 1. The molecule has 3 aromatic rings. The molecule has 0 aromatic carbocycles. The molecule has 0 atom stereocenters. The number of anilines is 2. The van der Waals surface area contributed by atoms with Gasteiger partial charge in [-0.2, -0.15) is 0 Å². The predicted molar refractivity (Wildman–Crippen MR) is 105 cm³/mol. The second kappa shape index (κ2) is 6.99. The predicted octanol–water partition coefficient (Wildman–Crippen LogP) is 3.56. The van der Waals surface area contributed by atoms with E-state index in [1.807, 2.05) is 18.2 Å². The summed E-state index contributed by atoms with van der Waals surface area (Å²) in [6.45, 7) is 5.90. The molecule has 4 heterocycles. The van der Waals surface area contributed by atoms with Crippen LogP contribution in [0.5, 0.6) is 0 Å². The number of carbonyl (C=O) groups excluding carboxylic acids is 1. The van der Waals surface area contributed by atoms with Crippen molar-refractivity contribution in [3.05, 3.63) is 41.2 Å². The van der Waals surface area contributed by atoms with E-state index in [1.54, 1.807) is 23.9 Å². The van der Waals surface area contributed by atoms with E-state index in [0.717, 1.165) is 42.0 Å². The maximum atomic E-state index is 12.5. The number of pyridine rings is 1. The van der Waals surface area contributed by atoms with Crippen molar-refractivity contribution in [3.8, 4) is 0 Å². The quantitative estimate of drug-likeness (QED) is 0.766. The van der Waals surface area contributed by atoms with E-state index < -0.39 is 0 Å². The van der Waals surface area contributed by atoms with Crippen molar-refractivity contribution in [2.24, 2.45) is 5.92 Å². The molecule has 1 fully saturated rings. The summed E-state index contributed by atoms with van der Waals surface area (Å²) in [5.74, 6) is 1.68. The first kappa shape index (κ1) is 16.9. The van der Waals surface area contributed by atoms with E-state index in [4.69, 9.17) is 0 Å². The van der Waals surface area contributed by atoms with E-state index >= 15 is 0 Å². The molecule has 26 heavy (non-hydrogen) atoms. The number of hydrogen-bond acceptors (Lipinski definition) is 6. The summed E-state index contributed by atoms with van der Waals surface area (Å²) >= 11 is 1.71. The number of nitrogens with one attached hydrogen (secondary N) is 1. The SMILES string of the molecule is Cc1sc2ncnc(N3CCC(C(=O)Nc4ccccn4)CC3)c2c1C. The minimum Gasteiger partial charge on any atom is -0.356 e. The Morgan fingerprint density at radius 3 is 2.73 bits per heavy atom. The Morgan fingerprint density at radius 2 is 2.00 bits per heavy atom. The number of rotatable bonds is 3. The van der Waals surface area contributed by atoms with Gasteiger partial charge in [0.05, 0.1) is 5.39 Å². The van der Waals surface area contributed by atoms with Gasteiger partial charge in [-0.25, -0.2) is 15.0 Å². The number of aromatic nitrogens is 3. The number of amides is 1. The standard InChI is InChI=1S/C19H21N5OS/c1-12-13(2)26-19-16(12)17(21-11-22-19)24-9-6-14(7-10-24)18(25)23-15-5-3-4-8-20-15/h3-5,8,11,14H,6-7,9-10H2,1-2H3,(H,20,23,25). The topological polar surface area (TPSA) is 71.0 Å². The largest absolute Gasteiger partial charge is 0.356 e. The third-order valence-corrected chi connectivity index (χ3v) is 6.14. The van der Waals surface area contributed by atoms with Gasteiger partial charge >= 0.3 is 0 Å². The normalized spacial score (nSPS) is 15.4. The number of thiophene rings is 1. The monoisotopic (exact) mass is 367 g/mol. The molecule has 1 N–H and O–H groups in total. The number of aryl methyl sites for hydroxylation is 2. The highest BCUT2D eigenvalue weighted by Crippen LogP contribution is 2.35. The Bertz CT molecular complexity index is 932. The molecule has 0 aliphatic carbocycles. The van der Waals surface area contributed by atoms with Crippen LogP contribution < -0.4 is 10.2 Å². The first-order valence-corrected chi connectivity index (χ1v) is 9.62. The summed E-state index contributed by atoms with van der Waals surface area (Å²) < 4.78 is 0. The zero-order valence-corrected chi connectivity index (χ0v) is 15.7. The number of nitrogens with zero attached hydrogens (tertiary/aromatic N) is 4. The molecule has 7 heteroatoms. The van der Waals surface area contributed by atoms with Crippen molar-refractivity contribution in [3.63, 3.8) is 0 Å². The lowest BCUT2D eigenvalue weighted by atomic mass is 9.95. The highest BCUT2D eigenvalue weighted by molar-refractivity contribution is 7.18. The molecule has 134 valence electrons. The Labute approximate surface area is 156 Å². The van der Waals surface area contributed by atoms with E-state index in [-0.39, 0.29) is 11.8 Å². The minimum atomic E-state index is 0.0101. The average Bonchev–Trinajstić information content (AvgIpc) is 2.97. The molecule has 1 aliphatic heterocycles. The smallest absolute Gasteiger partial charge is 0.228 e. The second-order valence-electron chi connectivity index (χ2n) is 6.63.